The van der Waals surface area contributed by atoms with Gasteiger partial charge in [-0.2, -0.15) is 0 Å². The summed E-state index contributed by atoms with van der Waals surface area (Å²) in [5, 5.41) is 8.44. The molecule has 92 valence electrons. The Kier molecular flexibility index (Phi) is 5.47. The summed E-state index contributed by atoms with van der Waals surface area (Å²) in [6.07, 6.45) is 3.55. The molecule has 0 saturated carbocycles. The van der Waals surface area contributed by atoms with Gasteiger partial charge in [-0.3, -0.25) is 0 Å². The minimum Gasteiger partial charge on any atom is -0.394 e. The van der Waals surface area contributed by atoms with Crippen molar-refractivity contribution in [3.63, 3.8) is 0 Å². The molecule has 0 aromatic carbocycles. The molecular weight excluding hydrogens is 232 g/mol. The van der Waals surface area contributed by atoms with Gasteiger partial charge in [0.1, 0.15) is 0 Å². The lowest BCUT2D eigenvalue weighted by molar-refractivity contribution is 0.0913. The third-order valence-electron chi connectivity index (χ3n) is 1.87. The summed E-state index contributed by atoms with van der Waals surface area (Å²) in [5.74, 6) is 0. The molecule has 1 heterocycles. The number of aromatic nitrogens is 1. The van der Waals surface area contributed by atoms with Crippen molar-refractivity contribution in [3.05, 3.63) is 18.5 Å². The van der Waals surface area contributed by atoms with Crippen LogP contribution in [0.3, 0.4) is 0 Å². The number of aliphatic hydroxyl groups is 1. The first-order chi connectivity index (χ1) is 7.67. The van der Waals surface area contributed by atoms with Gasteiger partial charge in [0.2, 0.25) is 10.0 Å². The Balaban J connectivity index is 2.22. The van der Waals surface area contributed by atoms with Crippen molar-refractivity contribution in [2.45, 2.75) is 11.3 Å². The first-order valence-corrected chi connectivity index (χ1v) is 6.46. The molecular formula is C9H16N2O4S. The molecule has 0 spiro atoms. The van der Waals surface area contributed by atoms with Crippen molar-refractivity contribution >= 4 is 10.0 Å². The molecule has 0 aliphatic heterocycles. The largest absolute Gasteiger partial charge is 0.394 e. The van der Waals surface area contributed by atoms with Crippen LogP contribution in [-0.2, 0) is 14.8 Å². The van der Waals surface area contributed by atoms with E-state index in [0.29, 0.717) is 19.6 Å². The van der Waals surface area contributed by atoms with Gasteiger partial charge in [-0.25, -0.2) is 13.1 Å². The quantitative estimate of drug-likeness (QED) is 0.550. The smallest absolute Gasteiger partial charge is 0.242 e. The molecule has 16 heavy (non-hydrogen) atoms. The number of H-pyrrole nitrogens is 1. The van der Waals surface area contributed by atoms with E-state index in [2.05, 4.69) is 9.71 Å². The summed E-state index contributed by atoms with van der Waals surface area (Å²) in [6, 6.07) is 1.49. The second kappa shape index (κ2) is 6.64. The van der Waals surface area contributed by atoms with E-state index in [-0.39, 0.29) is 18.1 Å². The maximum Gasteiger partial charge on any atom is 0.242 e. The standard InChI is InChI=1S/C9H16N2O4S/c12-5-7-15-6-1-3-11-16(13,14)9-2-4-10-8-9/h2,4,8,10-12H,1,3,5-7H2. The SMILES string of the molecule is O=S(=O)(NCCCOCCO)c1cc[nH]c1. The minimum absolute atomic E-state index is 0.0188. The fraction of sp³-hybridized carbons (Fsp3) is 0.556. The molecule has 0 atom stereocenters. The minimum atomic E-state index is -3.40. The number of rotatable bonds is 8. The molecule has 1 aromatic rings. The lowest BCUT2D eigenvalue weighted by atomic mass is 10.5. The Labute approximate surface area is 94.7 Å². The number of hydrogen-bond acceptors (Lipinski definition) is 4. The first kappa shape index (κ1) is 13.2. The summed E-state index contributed by atoms with van der Waals surface area (Å²) in [4.78, 5) is 2.91. The molecule has 0 saturated heterocycles. The van der Waals surface area contributed by atoms with Gasteiger partial charge in [-0.05, 0) is 12.5 Å². The van der Waals surface area contributed by atoms with Crippen LogP contribution in [-0.4, -0.2) is 44.9 Å². The highest BCUT2D eigenvalue weighted by Crippen LogP contribution is 2.05. The monoisotopic (exact) mass is 248 g/mol. The predicted octanol–water partition coefficient (Wildman–Crippen LogP) is -0.308. The van der Waals surface area contributed by atoms with Gasteiger partial charge in [0.25, 0.3) is 0 Å². The summed E-state index contributed by atoms with van der Waals surface area (Å²) in [6.45, 7) is 1.01. The van der Waals surface area contributed by atoms with Crippen LogP contribution in [0, 0.1) is 0 Å². The average molecular weight is 248 g/mol. The van der Waals surface area contributed by atoms with Crippen molar-refractivity contribution < 1.29 is 18.3 Å². The van der Waals surface area contributed by atoms with Gasteiger partial charge >= 0.3 is 0 Å². The van der Waals surface area contributed by atoms with Crippen LogP contribution >= 0.6 is 0 Å². The fourth-order valence-electron chi connectivity index (χ4n) is 1.11. The number of sulfonamides is 1. The molecule has 1 rings (SSSR count). The van der Waals surface area contributed by atoms with Crippen LogP contribution in [0.15, 0.2) is 23.4 Å². The van der Waals surface area contributed by atoms with Crippen LogP contribution < -0.4 is 4.72 Å². The number of aliphatic hydroxyl groups excluding tert-OH is 1. The number of aromatic amines is 1. The van der Waals surface area contributed by atoms with Crippen molar-refractivity contribution in [2.75, 3.05) is 26.4 Å². The van der Waals surface area contributed by atoms with Crippen LogP contribution in [0.25, 0.3) is 0 Å². The fourth-order valence-corrected chi connectivity index (χ4v) is 2.16. The Hall–Kier alpha value is -0.890. The van der Waals surface area contributed by atoms with E-state index >= 15 is 0 Å². The Morgan fingerprint density at radius 3 is 2.88 bits per heavy atom. The molecule has 1 aromatic heterocycles. The maximum absolute atomic E-state index is 11.6. The number of nitrogens with one attached hydrogen (secondary N) is 2. The highest BCUT2D eigenvalue weighted by atomic mass is 32.2. The molecule has 6 nitrogen and oxygen atoms in total. The van der Waals surface area contributed by atoms with Gasteiger partial charge in [0.15, 0.2) is 0 Å². The zero-order chi connectivity index (χ0) is 11.9. The summed E-state index contributed by atoms with van der Waals surface area (Å²) < 4.78 is 30.6. The molecule has 0 radical (unpaired) electrons. The van der Waals surface area contributed by atoms with Gasteiger partial charge in [0.05, 0.1) is 18.1 Å². The van der Waals surface area contributed by atoms with Gasteiger partial charge in [-0.15, -0.1) is 0 Å². The van der Waals surface area contributed by atoms with E-state index in [1.165, 1.54) is 12.3 Å². The lowest BCUT2D eigenvalue weighted by Gasteiger charge is -2.05. The molecule has 3 N–H and O–H groups in total. The normalized spacial score (nSPS) is 11.8. The second-order valence-electron chi connectivity index (χ2n) is 3.13. The van der Waals surface area contributed by atoms with Crippen molar-refractivity contribution in [1.82, 2.24) is 9.71 Å². The van der Waals surface area contributed by atoms with Crippen molar-refractivity contribution in [2.24, 2.45) is 0 Å². The van der Waals surface area contributed by atoms with Crippen molar-refractivity contribution in [1.29, 1.82) is 0 Å². The average Bonchev–Trinajstić information content (AvgIpc) is 2.77. The summed E-state index contributed by atoms with van der Waals surface area (Å²) >= 11 is 0. The molecule has 0 bridgehead atoms. The molecule has 0 fully saturated rings. The molecule has 0 aliphatic carbocycles. The van der Waals surface area contributed by atoms with E-state index < -0.39 is 10.0 Å². The Morgan fingerprint density at radius 1 is 1.44 bits per heavy atom. The molecule has 7 heteroatoms. The second-order valence-corrected chi connectivity index (χ2v) is 4.90. The number of ether oxygens (including phenoxy) is 1. The zero-order valence-corrected chi connectivity index (χ0v) is 9.66. The van der Waals surface area contributed by atoms with Crippen LogP contribution in [0.5, 0.6) is 0 Å². The van der Waals surface area contributed by atoms with E-state index in [0.717, 1.165) is 0 Å². The van der Waals surface area contributed by atoms with Crippen molar-refractivity contribution in [3.8, 4) is 0 Å². The topological polar surface area (TPSA) is 91.4 Å². The van der Waals surface area contributed by atoms with Gasteiger partial charge in [-0.1, -0.05) is 0 Å². The Morgan fingerprint density at radius 2 is 2.25 bits per heavy atom. The van der Waals surface area contributed by atoms with Crippen LogP contribution in [0.1, 0.15) is 6.42 Å². The van der Waals surface area contributed by atoms with E-state index in [1.807, 2.05) is 0 Å². The van der Waals surface area contributed by atoms with Crippen LogP contribution in [0.2, 0.25) is 0 Å². The van der Waals surface area contributed by atoms with Gasteiger partial charge in [0, 0.05) is 25.5 Å². The van der Waals surface area contributed by atoms with E-state index in [1.54, 1.807) is 6.20 Å². The lowest BCUT2D eigenvalue weighted by Crippen LogP contribution is -2.25. The maximum atomic E-state index is 11.6. The number of hydrogen-bond donors (Lipinski definition) is 3. The van der Waals surface area contributed by atoms with Gasteiger partial charge < -0.3 is 14.8 Å². The third kappa shape index (κ3) is 4.31. The van der Waals surface area contributed by atoms with E-state index in [4.69, 9.17) is 9.84 Å². The highest BCUT2D eigenvalue weighted by Gasteiger charge is 2.12. The molecule has 0 unspecified atom stereocenters. The van der Waals surface area contributed by atoms with E-state index in [9.17, 15) is 8.42 Å². The predicted molar refractivity (Wildman–Crippen MR) is 58.5 cm³/mol. The summed E-state index contributed by atoms with van der Waals surface area (Å²) in [7, 11) is -3.40. The Bertz CT molecular complexity index is 374. The third-order valence-corrected chi connectivity index (χ3v) is 3.33. The highest BCUT2D eigenvalue weighted by molar-refractivity contribution is 7.89. The summed E-state index contributed by atoms with van der Waals surface area (Å²) in [5.41, 5.74) is 0. The molecule has 0 aliphatic rings. The zero-order valence-electron chi connectivity index (χ0n) is 8.85. The first-order valence-electron chi connectivity index (χ1n) is 4.98. The molecule has 0 amide bonds. The van der Waals surface area contributed by atoms with Crippen LogP contribution in [0.4, 0.5) is 0 Å².